The molecule has 0 fully saturated rings. The Morgan fingerprint density at radius 2 is 1.63 bits per heavy atom. The Morgan fingerprint density at radius 1 is 0.971 bits per heavy atom. The summed E-state index contributed by atoms with van der Waals surface area (Å²) in [6.07, 6.45) is 2.83. The number of aliphatic hydroxyl groups excluding tert-OH is 1. The van der Waals surface area contributed by atoms with E-state index in [9.17, 15) is 18.6 Å². The van der Waals surface area contributed by atoms with Gasteiger partial charge in [-0.3, -0.25) is 4.57 Å². The van der Waals surface area contributed by atoms with Gasteiger partial charge in [0.25, 0.3) is 0 Å². The molecule has 0 aliphatic carbocycles. The van der Waals surface area contributed by atoms with Crippen molar-refractivity contribution in [3.05, 3.63) is 88.2 Å². The largest absolute Gasteiger partial charge is 0.392 e. The van der Waals surface area contributed by atoms with Crippen LogP contribution in [0.2, 0.25) is 10.0 Å². The first-order valence-corrected chi connectivity index (χ1v) is 13.4. The van der Waals surface area contributed by atoms with Crippen LogP contribution in [0.25, 0.3) is 28.2 Å². The van der Waals surface area contributed by atoms with E-state index < -0.39 is 15.4 Å². The third-order valence-corrected chi connectivity index (χ3v) is 7.44. The van der Waals surface area contributed by atoms with Gasteiger partial charge in [-0.2, -0.15) is 0 Å². The van der Waals surface area contributed by atoms with Gasteiger partial charge in [0.1, 0.15) is 11.4 Å². The van der Waals surface area contributed by atoms with Gasteiger partial charge in [0.2, 0.25) is 0 Å². The minimum absolute atomic E-state index is 0.0723. The first-order valence-electron chi connectivity index (χ1n) is 10.7. The van der Waals surface area contributed by atoms with Crippen LogP contribution in [0.1, 0.15) is 25.1 Å². The van der Waals surface area contributed by atoms with Crippen molar-refractivity contribution in [3.8, 4) is 28.2 Å². The predicted molar refractivity (Wildman–Crippen MR) is 139 cm³/mol. The predicted octanol–water partition coefficient (Wildman–Crippen LogP) is 5.64. The summed E-state index contributed by atoms with van der Waals surface area (Å²) in [6.45, 7) is 2.92. The summed E-state index contributed by atoms with van der Waals surface area (Å²) >= 11 is 13.2. The highest BCUT2D eigenvalue weighted by molar-refractivity contribution is 7.90. The number of nitrogens with zero attached hydrogens (tertiary/aromatic N) is 2. The van der Waals surface area contributed by atoms with Crippen LogP contribution in [0.5, 0.6) is 0 Å². The minimum Gasteiger partial charge on any atom is -0.392 e. The monoisotopic (exact) mass is 530 g/mol. The second kappa shape index (κ2) is 9.41. The Morgan fingerprint density at radius 3 is 2.23 bits per heavy atom. The summed E-state index contributed by atoms with van der Waals surface area (Å²) < 4.78 is 26.2. The number of sulfone groups is 1. The summed E-state index contributed by atoms with van der Waals surface area (Å²) in [4.78, 5) is 4.72. The maximum atomic E-state index is 12.2. The van der Waals surface area contributed by atoms with Crippen LogP contribution in [0.3, 0.4) is 0 Å². The summed E-state index contributed by atoms with van der Waals surface area (Å²) in [5, 5.41) is 21.0. The highest BCUT2D eigenvalue weighted by Gasteiger charge is 2.24. The molecule has 0 spiro atoms. The molecule has 4 aromatic rings. The van der Waals surface area contributed by atoms with E-state index in [1.54, 1.807) is 54.9 Å². The van der Waals surface area contributed by atoms with Gasteiger partial charge < -0.3 is 10.2 Å². The Balaban J connectivity index is 1.86. The maximum Gasteiger partial charge on any atom is 0.175 e. The highest BCUT2D eigenvalue weighted by Crippen LogP contribution is 2.36. The fourth-order valence-electron chi connectivity index (χ4n) is 3.78. The number of aromatic nitrogens is 2. The fourth-order valence-corrected chi connectivity index (χ4v) is 5.22. The maximum absolute atomic E-state index is 12.2. The quantitative estimate of drug-likeness (QED) is 0.336. The highest BCUT2D eigenvalue weighted by atomic mass is 35.5. The zero-order chi connectivity index (χ0) is 25.5. The van der Waals surface area contributed by atoms with Gasteiger partial charge >= 0.3 is 0 Å². The molecule has 0 atom stereocenters. The lowest BCUT2D eigenvalue weighted by Gasteiger charge is -2.14. The SMILES string of the molecule is CC(C)(O)c1cn(-c2ccc(-c3ccc(CO)c(S(C)(=O)=O)c3)cc2Cl)c(-c2ccccc2Cl)n1. The Bertz CT molecular complexity index is 1520. The van der Waals surface area contributed by atoms with Gasteiger partial charge in [-0.25, -0.2) is 13.4 Å². The van der Waals surface area contributed by atoms with E-state index in [1.807, 2.05) is 24.3 Å². The number of hydrogen-bond donors (Lipinski definition) is 2. The Kier molecular flexibility index (Phi) is 6.83. The smallest absolute Gasteiger partial charge is 0.175 e. The van der Waals surface area contributed by atoms with Crippen LogP contribution in [0.15, 0.2) is 71.8 Å². The van der Waals surface area contributed by atoms with Crippen molar-refractivity contribution in [2.24, 2.45) is 0 Å². The number of aliphatic hydroxyl groups is 2. The van der Waals surface area contributed by atoms with Gasteiger partial charge in [0, 0.05) is 18.0 Å². The lowest BCUT2D eigenvalue weighted by atomic mass is 10.0. The van der Waals surface area contributed by atoms with Gasteiger partial charge in [-0.05, 0) is 60.9 Å². The summed E-state index contributed by atoms with van der Waals surface area (Å²) in [5.41, 5.74) is 2.24. The van der Waals surface area contributed by atoms with Gasteiger partial charge in [0.15, 0.2) is 9.84 Å². The first-order chi connectivity index (χ1) is 16.4. The number of halogens is 2. The van der Waals surface area contributed by atoms with E-state index in [2.05, 4.69) is 4.98 Å². The van der Waals surface area contributed by atoms with Crippen molar-refractivity contribution in [1.82, 2.24) is 9.55 Å². The molecule has 35 heavy (non-hydrogen) atoms. The van der Waals surface area contributed by atoms with E-state index in [0.717, 1.165) is 6.26 Å². The lowest BCUT2D eigenvalue weighted by Crippen LogP contribution is -2.15. The van der Waals surface area contributed by atoms with Gasteiger partial charge in [-0.15, -0.1) is 0 Å². The molecular weight excluding hydrogens is 507 g/mol. The number of rotatable bonds is 6. The third-order valence-electron chi connectivity index (χ3n) is 5.63. The summed E-state index contributed by atoms with van der Waals surface area (Å²) in [5.74, 6) is 0.522. The molecule has 0 aliphatic heterocycles. The molecule has 0 aliphatic rings. The minimum atomic E-state index is -3.53. The van der Waals surface area contributed by atoms with Crippen molar-refractivity contribution in [1.29, 1.82) is 0 Å². The second-order valence-electron chi connectivity index (χ2n) is 8.78. The molecule has 4 rings (SSSR count). The third kappa shape index (κ3) is 5.15. The van der Waals surface area contributed by atoms with Crippen LogP contribution < -0.4 is 0 Å². The molecule has 0 saturated heterocycles. The molecular formula is C26H24Cl2N2O4S. The van der Waals surface area contributed by atoms with E-state index in [4.69, 9.17) is 23.2 Å². The average molecular weight is 531 g/mol. The van der Waals surface area contributed by atoms with E-state index >= 15 is 0 Å². The van der Waals surface area contributed by atoms with Crippen LogP contribution in [-0.2, 0) is 22.0 Å². The van der Waals surface area contributed by atoms with E-state index in [-0.39, 0.29) is 11.5 Å². The van der Waals surface area contributed by atoms with E-state index in [1.165, 1.54) is 6.07 Å². The zero-order valence-electron chi connectivity index (χ0n) is 19.3. The molecule has 1 heterocycles. The summed E-state index contributed by atoms with van der Waals surface area (Å²) in [7, 11) is -3.53. The first kappa shape index (κ1) is 25.4. The van der Waals surface area contributed by atoms with E-state index in [0.29, 0.717) is 49.5 Å². The molecule has 1 aromatic heterocycles. The van der Waals surface area contributed by atoms with Crippen LogP contribution in [0, 0.1) is 0 Å². The normalized spacial score (nSPS) is 12.2. The standard InChI is InChI=1S/C26H24Cl2N2O4S/c1-26(2,32)24-14-30(25(29-24)19-6-4-5-7-20(19)27)22-11-10-16(12-21(22)28)17-8-9-18(15-31)23(13-17)35(3,33)34/h4-14,31-32H,15H2,1-3H3. The lowest BCUT2D eigenvalue weighted by molar-refractivity contribution is 0.0743. The molecule has 3 aromatic carbocycles. The Labute approximate surface area is 214 Å². The fraction of sp³-hybridized carbons (Fsp3) is 0.192. The molecule has 0 radical (unpaired) electrons. The molecule has 0 saturated carbocycles. The summed E-state index contributed by atoms with van der Waals surface area (Å²) in [6, 6.07) is 17.5. The van der Waals surface area contributed by atoms with Crippen molar-refractivity contribution >= 4 is 33.0 Å². The van der Waals surface area contributed by atoms with Crippen molar-refractivity contribution < 1.29 is 18.6 Å². The molecule has 182 valence electrons. The molecule has 0 unspecified atom stereocenters. The number of imidazole rings is 1. The molecule has 6 nitrogen and oxygen atoms in total. The van der Waals surface area contributed by atoms with Gasteiger partial charge in [-0.1, -0.05) is 53.5 Å². The van der Waals surface area contributed by atoms with Crippen LogP contribution in [-0.4, -0.2) is 34.4 Å². The van der Waals surface area contributed by atoms with Crippen LogP contribution >= 0.6 is 23.2 Å². The Hall–Kier alpha value is -2.68. The van der Waals surface area contributed by atoms with Crippen LogP contribution in [0.4, 0.5) is 0 Å². The molecule has 2 N–H and O–H groups in total. The number of benzene rings is 3. The molecule has 0 bridgehead atoms. The van der Waals surface area contributed by atoms with Crippen molar-refractivity contribution in [3.63, 3.8) is 0 Å². The van der Waals surface area contributed by atoms with Crippen molar-refractivity contribution in [2.75, 3.05) is 6.26 Å². The second-order valence-corrected chi connectivity index (χ2v) is 11.6. The van der Waals surface area contributed by atoms with Crippen molar-refractivity contribution in [2.45, 2.75) is 31.0 Å². The topological polar surface area (TPSA) is 92.4 Å². The molecule has 9 heteroatoms. The average Bonchev–Trinajstić information content (AvgIpc) is 3.24. The molecule has 0 amide bonds. The number of hydrogen-bond acceptors (Lipinski definition) is 5. The zero-order valence-corrected chi connectivity index (χ0v) is 21.7. The van der Waals surface area contributed by atoms with Gasteiger partial charge in [0.05, 0.1) is 32.9 Å².